The van der Waals surface area contributed by atoms with Crippen LogP contribution < -0.4 is 0 Å². The molecule has 0 unspecified atom stereocenters. The van der Waals surface area contributed by atoms with Gasteiger partial charge in [0, 0.05) is 12.8 Å². The second kappa shape index (κ2) is 10.1. The molecule has 0 bridgehead atoms. The summed E-state index contributed by atoms with van der Waals surface area (Å²) in [5.41, 5.74) is 0.186. The normalized spacial score (nSPS) is 15.5. The summed E-state index contributed by atoms with van der Waals surface area (Å²) in [5, 5.41) is 0. The standard InChI is InChI=1S/C19H13F17O/c20-12(21,8-9-13(22,23)24)14(25,26)15(27,28)16(29,30)17(31,32)18(33,34)19(35,36)37-10-4-7-11-5-2-1-3-6-11/h1-7H,8-10H2. The third kappa shape index (κ3) is 6.08. The molecule has 0 saturated carbocycles. The molecule has 214 valence electrons. The molecule has 0 aromatic heterocycles. The Morgan fingerprint density at radius 2 is 0.973 bits per heavy atom. The number of rotatable bonds is 12. The average molecular weight is 580 g/mol. The number of halogens is 17. The Morgan fingerprint density at radius 1 is 0.541 bits per heavy atom. The summed E-state index contributed by atoms with van der Waals surface area (Å²) >= 11 is 0. The van der Waals surface area contributed by atoms with Gasteiger partial charge in [-0.1, -0.05) is 42.5 Å². The van der Waals surface area contributed by atoms with Gasteiger partial charge in [-0.15, -0.1) is 0 Å². The highest BCUT2D eigenvalue weighted by Crippen LogP contribution is 2.62. The molecule has 0 N–H and O–H groups in total. The maximum absolute atomic E-state index is 13.7. The van der Waals surface area contributed by atoms with E-state index in [0.29, 0.717) is 6.08 Å². The molecule has 0 aliphatic heterocycles. The predicted octanol–water partition coefficient (Wildman–Crippen LogP) is 8.46. The maximum Gasteiger partial charge on any atom is 0.426 e. The van der Waals surface area contributed by atoms with Crippen molar-refractivity contribution >= 4 is 6.08 Å². The molecule has 1 rings (SSSR count). The summed E-state index contributed by atoms with van der Waals surface area (Å²) in [6, 6.07) is 6.83. The van der Waals surface area contributed by atoms with Crippen LogP contribution in [0.4, 0.5) is 74.6 Å². The Bertz CT molecular complexity index is 918. The van der Waals surface area contributed by atoms with Crippen LogP contribution in [0, 0.1) is 0 Å². The van der Waals surface area contributed by atoms with Crippen molar-refractivity contribution in [2.75, 3.05) is 6.61 Å². The minimum Gasteiger partial charge on any atom is -0.311 e. The van der Waals surface area contributed by atoms with Crippen molar-refractivity contribution in [1.82, 2.24) is 0 Å². The van der Waals surface area contributed by atoms with Crippen LogP contribution in [0.1, 0.15) is 18.4 Å². The first-order valence-corrected chi connectivity index (χ1v) is 9.35. The number of hydrogen-bond donors (Lipinski definition) is 0. The highest BCUT2D eigenvalue weighted by atomic mass is 19.4. The van der Waals surface area contributed by atoms with Crippen molar-refractivity contribution in [2.24, 2.45) is 0 Å². The summed E-state index contributed by atoms with van der Waals surface area (Å²) in [5.74, 6) is -47.3. The van der Waals surface area contributed by atoms with Crippen molar-refractivity contribution in [3.63, 3.8) is 0 Å². The summed E-state index contributed by atoms with van der Waals surface area (Å²) in [6.07, 6.45) is -17.6. The Morgan fingerprint density at radius 3 is 1.43 bits per heavy atom. The van der Waals surface area contributed by atoms with E-state index >= 15 is 0 Å². The van der Waals surface area contributed by atoms with Crippen LogP contribution in [0.15, 0.2) is 36.4 Å². The van der Waals surface area contributed by atoms with E-state index in [1.54, 1.807) is 0 Å². The second-order valence-corrected chi connectivity index (χ2v) is 7.33. The first-order valence-electron chi connectivity index (χ1n) is 9.35. The zero-order valence-corrected chi connectivity index (χ0v) is 17.5. The molecule has 18 heteroatoms. The van der Waals surface area contributed by atoms with Crippen LogP contribution in [0.2, 0.25) is 0 Å². The van der Waals surface area contributed by atoms with E-state index in [-0.39, 0.29) is 5.56 Å². The maximum atomic E-state index is 13.7. The Hall–Kier alpha value is -2.27. The van der Waals surface area contributed by atoms with Crippen molar-refractivity contribution in [2.45, 2.75) is 60.7 Å². The van der Waals surface area contributed by atoms with E-state index in [1.807, 2.05) is 0 Å². The van der Waals surface area contributed by atoms with Gasteiger partial charge in [-0.05, 0) is 5.56 Å². The van der Waals surface area contributed by atoms with Crippen LogP contribution in [0.5, 0.6) is 0 Å². The molecule has 37 heavy (non-hydrogen) atoms. The van der Waals surface area contributed by atoms with Gasteiger partial charge in [0.1, 0.15) is 0 Å². The first-order chi connectivity index (χ1) is 16.3. The topological polar surface area (TPSA) is 9.23 Å². The van der Waals surface area contributed by atoms with E-state index in [9.17, 15) is 74.6 Å². The SMILES string of the molecule is FC(F)(F)CCC(F)(F)C(F)(F)C(F)(F)C(F)(F)C(F)(F)C(F)(F)C(F)(F)OCC=Cc1ccccc1. The monoisotopic (exact) mass is 580 g/mol. The highest BCUT2D eigenvalue weighted by Gasteiger charge is 2.93. The number of hydrogen-bond acceptors (Lipinski definition) is 1. The molecule has 0 fully saturated rings. The first kappa shape index (κ1) is 32.8. The van der Waals surface area contributed by atoms with Gasteiger partial charge in [-0.2, -0.15) is 74.6 Å². The molecule has 0 aliphatic carbocycles. The molecule has 0 saturated heterocycles. The number of benzene rings is 1. The lowest BCUT2D eigenvalue weighted by molar-refractivity contribution is -0.465. The van der Waals surface area contributed by atoms with Gasteiger partial charge in [0.15, 0.2) is 0 Å². The largest absolute Gasteiger partial charge is 0.426 e. The predicted molar refractivity (Wildman–Crippen MR) is 91.3 cm³/mol. The molecular weight excluding hydrogens is 567 g/mol. The molecule has 1 aromatic rings. The lowest BCUT2D eigenvalue weighted by atomic mass is 9.89. The molecule has 0 heterocycles. The highest BCUT2D eigenvalue weighted by molar-refractivity contribution is 5.48. The fourth-order valence-electron chi connectivity index (χ4n) is 2.45. The van der Waals surface area contributed by atoms with Gasteiger partial charge in [0.25, 0.3) is 0 Å². The van der Waals surface area contributed by atoms with E-state index in [2.05, 4.69) is 4.74 Å². The van der Waals surface area contributed by atoms with Crippen molar-refractivity contribution in [3.05, 3.63) is 42.0 Å². The fourth-order valence-corrected chi connectivity index (χ4v) is 2.45. The summed E-state index contributed by atoms with van der Waals surface area (Å²) in [7, 11) is 0. The lowest BCUT2D eigenvalue weighted by Crippen LogP contribution is -2.73. The molecule has 0 amide bonds. The smallest absolute Gasteiger partial charge is 0.311 e. The van der Waals surface area contributed by atoms with E-state index in [1.165, 1.54) is 30.3 Å². The molecule has 0 spiro atoms. The summed E-state index contributed by atoms with van der Waals surface area (Å²) in [4.78, 5) is 0. The summed E-state index contributed by atoms with van der Waals surface area (Å²) in [6.45, 7) is -1.76. The molecular formula is C19H13F17O. The van der Waals surface area contributed by atoms with Crippen molar-refractivity contribution < 1.29 is 79.4 Å². The van der Waals surface area contributed by atoms with Crippen LogP contribution >= 0.6 is 0 Å². The third-order valence-electron chi connectivity index (χ3n) is 4.60. The van der Waals surface area contributed by atoms with Crippen molar-refractivity contribution in [3.8, 4) is 0 Å². The van der Waals surface area contributed by atoms with Crippen LogP contribution in [-0.2, 0) is 4.74 Å². The minimum absolute atomic E-state index is 0.186. The number of alkyl halides is 17. The Labute approximate surface area is 195 Å². The average Bonchev–Trinajstić information content (AvgIpc) is 2.75. The minimum atomic E-state index is -8.39. The molecule has 1 aromatic carbocycles. The van der Waals surface area contributed by atoms with Gasteiger partial charge < -0.3 is 4.74 Å². The molecule has 1 nitrogen and oxygen atoms in total. The van der Waals surface area contributed by atoms with Crippen molar-refractivity contribution in [1.29, 1.82) is 0 Å². The van der Waals surface area contributed by atoms with Crippen LogP contribution in [0.25, 0.3) is 6.08 Å². The lowest BCUT2D eigenvalue weighted by Gasteiger charge is -2.42. The zero-order valence-electron chi connectivity index (χ0n) is 17.5. The summed E-state index contributed by atoms with van der Waals surface area (Å²) < 4.78 is 229. The van der Waals surface area contributed by atoms with Gasteiger partial charge in [-0.3, -0.25) is 0 Å². The number of ether oxygens (including phenoxy) is 1. The fraction of sp³-hybridized carbons (Fsp3) is 0.579. The quantitative estimate of drug-likeness (QED) is 0.226. The zero-order chi connectivity index (χ0) is 29.4. The second-order valence-electron chi connectivity index (χ2n) is 7.33. The van der Waals surface area contributed by atoms with Gasteiger partial charge in [0.05, 0.1) is 6.61 Å². The van der Waals surface area contributed by atoms with Gasteiger partial charge >= 0.3 is 47.8 Å². The van der Waals surface area contributed by atoms with Crippen LogP contribution in [0.3, 0.4) is 0 Å². The molecule has 0 atom stereocenters. The van der Waals surface area contributed by atoms with Gasteiger partial charge in [0.2, 0.25) is 0 Å². The van der Waals surface area contributed by atoms with E-state index < -0.39 is 67.3 Å². The Kier molecular flexibility index (Phi) is 8.97. The van der Waals surface area contributed by atoms with E-state index in [4.69, 9.17) is 0 Å². The molecule has 0 radical (unpaired) electrons. The third-order valence-corrected chi connectivity index (χ3v) is 4.60. The van der Waals surface area contributed by atoms with E-state index in [0.717, 1.165) is 6.08 Å². The van der Waals surface area contributed by atoms with Crippen LogP contribution in [-0.4, -0.2) is 54.4 Å². The Balaban J connectivity index is 3.28. The molecule has 0 aliphatic rings. The van der Waals surface area contributed by atoms with Gasteiger partial charge in [-0.25, -0.2) is 0 Å².